The standard InChI is InChI=1S/C12H12BrF2NO/c1-7-2-8(4-9(13)3-7)11(17)16-10-5-12(14,15)6-10/h2-4,10H,5-6H2,1H3,(H,16,17). The summed E-state index contributed by atoms with van der Waals surface area (Å²) in [4.78, 5) is 11.8. The maximum Gasteiger partial charge on any atom is 0.252 e. The fraction of sp³-hybridized carbons (Fsp3) is 0.417. The van der Waals surface area contributed by atoms with Gasteiger partial charge in [-0.3, -0.25) is 4.79 Å². The summed E-state index contributed by atoms with van der Waals surface area (Å²) in [5.74, 6) is -2.90. The molecular formula is C12H12BrF2NO. The predicted octanol–water partition coefficient (Wildman–Crippen LogP) is 3.29. The first-order chi connectivity index (χ1) is 7.85. The second-order valence-electron chi connectivity index (χ2n) is 4.45. The summed E-state index contributed by atoms with van der Waals surface area (Å²) in [5, 5.41) is 2.60. The van der Waals surface area contributed by atoms with E-state index in [2.05, 4.69) is 21.2 Å². The fourth-order valence-corrected chi connectivity index (χ4v) is 2.51. The van der Waals surface area contributed by atoms with Gasteiger partial charge in [-0.1, -0.05) is 15.9 Å². The Bertz CT molecular complexity index is 434. The van der Waals surface area contributed by atoms with Gasteiger partial charge in [-0.05, 0) is 30.7 Å². The van der Waals surface area contributed by atoms with Gasteiger partial charge in [0.05, 0.1) is 0 Å². The zero-order valence-electron chi connectivity index (χ0n) is 9.27. The minimum Gasteiger partial charge on any atom is -0.349 e. The molecule has 0 aromatic heterocycles. The van der Waals surface area contributed by atoms with Crippen LogP contribution < -0.4 is 5.32 Å². The molecule has 92 valence electrons. The highest BCUT2D eigenvalue weighted by molar-refractivity contribution is 9.10. The van der Waals surface area contributed by atoms with Crippen LogP contribution in [0, 0.1) is 6.92 Å². The molecular weight excluding hydrogens is 292 g/mol. The van der Waals surface area contributed by atoms with E-state index >= 15 is 0 Å². The molecule has 1 fully saturated rings. The third-order valence-corrected chi connectivity index (χ3v) is 3.19. The van der Waals surface area contributed by atoms with Crippen molar-refractivity contribution in [2.45, 2.75) is 31.7 Å². The molecule has 0 aliphatic heterocycles. The van der Waals surface area contributed by atoms with E-state index in [-0.39, 0.29) is 18.7 Å². The van der Waals surface area contributed by atoms with E-state index in [4.69, 9.17) is 0 Å². The Labute approximate surface area is 107 Å². The van der Waals surface area contributed by atoms with Gasteiger partial charge in [-0.2, -0.15) is 0 Å². The summed E-state index contributed by atoms with van der Waals surface area (Å²) in [6.45, 7) is 1.87. The summed E-state index contributed by atoms with van der Waals surface area (Å²) in [5.41, 5.74) is 1.44. The lowest BCUT2D eigenvalue weighted by Crippen LogP contribution is -2.50. The normalized spacial score (nSPS) is 18.6. The van der Waals surface area contributed by atoms with Crippen molar-refractivity contribution in [3.05, 3.63) is 33.8 Å². The monoisotopic (exact) mass is 303 g/mol. The number of halogens is 3. The van der Waals surface area contributed by atoms with Crippen LogP contribution in [0.3, 0.4) is 0 Å². The highest BCUT2D eigenvalue weighted by Crippen LogP contribution is 2.37. The van der Waals surface area contributed by atoms with Crippen molar-refractivity contribution in [2.75, 3.05) is 0 Å². The number of benzene rings is 1. The highest BCUT2D eigenvalue weighted by Gasteiger charge is 2.45. The van der Waals surface area contributed by atoms with Crippen molar-refractivity contribution in [1.82, 2.24) is 5.32 Å². The summed E-state index contributed by atoms with van der Waals surface area (Å²) in [6, 6.07) is 4.89. The molecule has 1 aromatic carbocycles. The SMILES string of the molecule is Cc1cc(Br)cc(C(=O)NC2CC(F)(F)C2)c1. The quantitative estimate of drug-likeness (QED) is 0.892. The van der Waals surface area contributed by atoms with Crippen molar-refractivity contribution < 1.29 is 13.6 Å². The van der Waals surface area contributed by atoms with Crippen molar-refractivity contribution in [3.8, 4) is 0 Å². The van der Waals surface area contributed by atoms with Gasteiger partial charge < -0.3 is 5.32 Å². The van der Waals surface area contributed by atoms with Gasteiger partial charge in [0.1, 0.15) is 0 Å². The van der Waals surface area contributed by atoms with Gasteiger partial charge in [0.2, 0.25) is 0 Å². The fourth-order valence-electron chi connectivity index (χ4n) is 1.90. The van der Waals surface area contributed by atoms with Crippen LogP contribution in [0.2, 0.25) is 0 Å². The smallest absolute Gasteiger partial charge is 0.252 e. The van der Waals surface area contributed by atoms with E-state index in [1.54, 1.807) is 12.1 Å². The Morgan fingerprint density at radius 1 is 1.41 bits per heavy atom. The number of carbonyl (C=O) groups excluding carboxylic acids is 1. The molecule has 2 nitrogen and oxygen atoms in total. The van der Waals surface area contributed by atoms with Gasteiger partial charge in [0, 0.05) is 28.9 Å². The second-order valence-corrected chi connectivity index (χ2v) is 5.37. The molecule has 1 aromatic rings. The number of nitrogens with one attached hydrogen (secondary N) is 1. The van der Waals surface area contributed by atoms with Gasteiger partial charge in [-0.15, -0.1) is 0 Å². The Hall–Kier alpha value is -0.970. The first kappa shape index (κ1) is 12.5. The first-order valence-corrected chi connectivity index (χ1v) is 6.11. The molecule has 0 atom stereocenters. The Morgan fingerprint density at radius 3 is 2.59 bits per heavy atom. The van der Waals surface area contributed by atoms with Crippen molar-refractivity contribution in [3.63, 3.8) is 0 Å². The third kappa shape index (κ3) is 3.03. The minimum absolute atomic E-state index is 0.258. The first-order valence-electron chi connectivity index (χ1n) is 5.32. The molecule has 0 spiro atoms. The molecule has 1 aliphatic rings. The molecule has 17 heavy (non-hydrogen) atoms. The lowest BCUT2D eigenvalue weighted by Gasteiger charge is -2.35. The van der Waals surface area contributed by atoms with Crippen molar-refractivity contribution >= 4 is 21.8 Å². The number of hydrogen-bond donors (Lipinski definition) is 1. The number of alkyl halides is 2. The highest BCUT2D eigenvalue weighted by atomic mass is 79.9. The van der Waals surface area contributed by atoms with Crippen molar-refractivity contribution in [1.29, 1.82) is 0 Å². The van der Waals surface area contributed by atoms with Crippen LogP contribution in [0.5, 0.6) is 0 Å². The average molecular weight is 304 g/mol. The van der Waals surface area contributed by atoms with Crippen LogP contribution in [-0.2, 0) is 0 Å². The third-order valence-electron chi connectivity index (χ3n) is 2.73. The number of rotatable bonds is 2. The second kappa shape index (κ2) is 4.37. The maximum atomic E-state index is 12.6. The lowest BCUT2D eigenvalue weighted by molar-refractivity contribution is -0.0901. The number of amides is 1. The number of carbonyl (C=O) groups is 1. The summed E-state index contributed by atoms with van der Waals surface area (Å²) in [6.07, 6.45) is -0.516. The molecule has 0 saturated heterocycles. The zero-order valence-corrected chi connectivity index (χ0v) is 10.9. The van der Waals surface area contributed by atoms with Gasteiger partial charge in [0.25, 0.3) is 11.8 Å². The van der Waals surface area contributed by atoms with Crippen LogP contribution in [0.1, 0.15) is 28.8 Å². The van der Waals surface area contributed by atoms with E-state index in [0.717, 1.165) is 10.0 Å². The lowest BCUT2D eigenvalue weighted by atomic mass is 9.88. The molecule has 0 bridgehead atoms. The van der Waals surface area contributed by atoms with E-state index < -0.39 is 12.0 Å². The summed E-state index contributed by atoms with van der Waals surface area (Å²) >= 11 is 3.30. The summed E-state index contributed by atoms with van der Waals surface area (Å²) in [7, 11) is 0. The Kier molecular flexibility index (Phi) is 3.21. The molecule has 1 aliphatic carbocycles. The van der Waals surface area contributed by atoms with Crippen LogP contribution in [-0.4, -0.2) is 17.9 Å². The zero-order chi connectivity index (χ0) is 12.6. The predicted molar refractivity (Wildman–Crippen MR) is 64.3 cm³/mol. The molecule has 1 saturated carbocycles. The van der Waals surface area contributed by atoms with Crippen molar-refractivity contribution in [2.24, 2.45) is 0 Å². The van der Waals surface area contributed by atoms with Crippen LogP contribution in [0.4, 0.5) is 8.78 Å². The molecule has 2 rings (SSSR count). The van der Waals surface area contributed by atoms with Crippen LogP contribution in [0.15, 0.2) is 22.7 Å². The molecule has 0 unspecified atom stereocenters. The van der Waals surface area contributed by atoms with Gasteiger partial charge in [-0.25, -0.2) is 8.78 Å². The van der Waals surface area contributed by atoms with E-state index in [1.165, 1.54) is 0 Å². The average Bonchev–Trinajstić information content (AvgIpc) is 2.13. The van der Waals surface area contributed by atoms with Crippen LogP contribution >= 0.6 is 15.9 Å². The number of aryl methyl sites for hydroxylation is 1. The van der Waals surface area contributed by atoms with E-state index in [1.807, 2.05) is 13.0 Å². The van der Waals surface area contributed by atoms with E-state index in [0.29, 0.717) is 5.56 Å². The Balaban J connectivity index is 2.01. The van der Waals surface area contributed by atoms with Gasteiger partial charge >= 0.3 is 0 Å². The number of hydrogen-bond acceptors (Lipinski definition) is 1. The maximum absolute atomic E-state index is 12.6. The Morgan fingerprint density at radius 2 is 2.06 bits per heavy atom. The molecule has 1 amide bonds. The van der Waals surface area contributed by atoms with Gasteiger partial charge in [0.15, 0.2) is 0 Å². The molecule has 1 N–H and O–H groups in total. The topological polar surface area (TPSA) is 29.1 Å². The van der Waals surface area contributed by atoms with E-state index in [9.17, 15) is 13.6 Å². The summed E-state index contributed by atoms with van der Waals surface area (Å²) < 4.78 is 26.0. The molecule has 5 heteroatoms. The van der Waals surface area contributed by atoms with Crippen LogP contribution in [0.25, 0.3) is 0 Å². The molecule has 0 radical (unpaired) electrons. The largest absolute Gasteiger partial charge is 0.349 e. The molecule has 0 heterocycles. The minimum atomic E-state index is -2.61.